The zero-order valence-electron chi connectivity index (χ0n) is 15.9. The molecule has 2 aromatic rings. The van der Waals surface area contributed by atoms with Crippen LogP contribution in [0.15, 0.2) is 29.4 Å². The average Bonchev–Trinajstić information content (AvgIpc) is 3.08. The zero-order chi connectivity index (χ0) is 18.7. The summed E-state index contributed by atoms with van der Waals surface area (Å²) in [5.41, 5.74) is 2.19. The van der Waals surface area contributed by atoms with Crippen LogP contribution in [0.2, 0.25) is 0 Å². The monoisotopic (exact) mass is 373 g/mol. The highest BCUT2D eigenvalue weighted by molar-refractivity contribution is 7.99. The summed E-state index contributed by atoms with van der Waals surface area (Å²) in [5, 5.41) is 12.6. The van der Waals surface area contributed by atoms with Crippen molar-refractivity contribution in [3.63, 3.8) is 0 Å². The minimum absolute atomic E-state index is 0.166. The SMILES string of the molecule is CC(C)c1ccc(-n2nnnc2SCC(=O)N2[C@H](C)CCC[C@@H]2C)cc1. The first kappa shape index (κ1) is 18.9. The molecule has 7 heteroatoms. The van der Waals surface area contributed by atoms with Crippen LogP contribution in [0.5, 0.6) is 0 Å². The first-order valence-corrected chi connectivity index (χ1v) is 10.3. The van der Waals surface area contributed by atoms with Crippen molar-refractivity contribution in [3.05, 3.63) is 29.8 Å². The maximum atomic E-state index is 12.7. The summed E-state index contributed by atoms with van der Waals surface area (Å²) in [7, 11) is 0. The summed E-state index contributed by atoms with van der Waals surface area (Å²) in [5.74, 6) is 1.01. The van der Waals surface area contributed by atoms with Crippen LogP contribution in [0.25, 0.3) is 5.69 Å². The molecule has 0 aliphatic carbocycles. The molecule has 140 valence electrons. The molecule has 0 bridgehead atoms. The van der Waals surface area contributed by atoms with Crippen molar-refractivity contribution in [2.75, 3.05) is 5.75 Å². The molecule has 0 saturated carbocycles. The van der Waals surface area contributed by atoms with E-state index in [9.17, 15) is 4.79 Å². The normalized spacial score (nSPS) is 20.6. The van der Waals surface area contributed by atoms with E-state index in [4.69, 9.17) is 0 Å². The highest BCUT2D eigenvalue weighted by Crippen LogP contribution is 2.25. The molecule has 0 radical (unpaired) electrons. The molecule has 2 atom stereocenters. The summed E-state index contributed by atoms with van der Waals surface area (Å²) >= 11 is 1.40. The van der Waals surface area contributed by atoms with E-state index in [0.717, 1.165) is 18.5 Å². The Morgan fingerprint density at radius 3 is 2.46 bits per heavy atom. The molecular weight excluding hydrogens is 346 g/mol. The molecule has 1 aliphatic rings. The van der Waals surface area contributed by atoms with E-state index in [2.05, 4.69) is 55.4 Å². The van der Waals surface area contributed by atoms with Gasteiger partial charge < -0.3 is 4.90 Å². The lowest BCUT2D eigenvalue weighted by Crippen LogP contribution is -2.48. The number of carbonyl (C=O) groups is 1. The van der Waals surface area contributed by atoms with Gasteiger partial charge in [-0.3, -0.25) is 4.79 Å². The topological polar surface area (TPSA) is 63.9 Å². The maximum absolute atomic E-state index is 12.7. The van der Waals surface area contributed by atoms with Crippen molar-refractivity contribution in [1.29, 1.82) is 0 Å². The van der Waals surface area contributed by atoms with E-state index >= 15 is 0 Å². The predicted octanol–water partition coefficient (Wildman–Crippen LogP) is 3.67. The number of hydrogen-bond acceptors (Lipinski definition) is 5. The number of hydrogen-bond donors (Lipinski definition) is 0. The van der Waals surface area contributed by atoms with E-state index in [0.29, 0.717) is 28.9 Å². The average molecular weight is 374 g/mol. The second-order valence-electron chi connectivity index (χ2n) is 7.34. The molecular formula is C19H27N5OS. The van der Waals surface area contributed by atoms with Gasteiger partial charge in [0.25, 0.3) is 0 Å². The van der Waals surface area contributed by atoms with Gasteiger partial charge in [-0.05, 0) is 67.2 Å². The number of carbonyl (C=O) groups excluding carboxylic acids is 1. The number of thioether (sulfide) groups is 1. The number of tetrazole rings is 1. The van der Waals surface area contributed by atoms with Gasteiger partial charge in [0.15, 0.2) is 0 Å². The second kappa shape index (κ2) is 8.20. The Balaban J connectivity index is 1.68. The van der Waals surface area contributed by atoms with Gasteiger partial charge in [0.05, 0.1) is 11.4 Å². The van der Waals surface area contributed by atoms with E-state index in [1.165, 1.54) is 23.7 Å². The number of piperidine rings is 1. The van der Waals surface area contributed by atoms with Crippen LogP contribution >= 0.6 is 11.8 Å². The lowest BCUT2D eigenvalue weighted by atomic mass is 9.98. The molecule has 1 fully saturated rings. The molecule has 26 heavy (non-hydrogen) atoms. The quantitative estimate of drug-likeness (QED) is 0.748. The van der Waals surface area contributed by atoms with Crippen LogP contribution in [0.3, 0.4) is 0 Å². The van der Waals surface area contributed by atoms with E-state index < -0.39 is 0 Å². The fourth-order valence-corrected chi connectivity index (χ4v) is 4.31. The Kier molecular flexibility index (Phi) is 5.96. The van der Waals surface area contributed by atoms with Gasteiger partial charge in [0, 0.05) is 12.1 Å². The molecule has 1 aromatic carbocycles. The third kappa shape index (κ3) is 4.09. The highest BCUT2D eigenvalue weighted by atomic mass is 32.2. The molecule has 1 amide bonds. The first-order chi connectivity index (χ1) is 12.5. The lowest BCUT2D eigenvalue weighted by Gasteiger charge is -2.39. The van der Waals surface area contributed by atoms with Gasteiger partial charge in [0.2, 0.25) is 11.1 Å². The summed E-state index contributed by atoms with van der Waals surface area (Å²) in [6.45, 7) is 8.61. The van der Waals surface area contributed by atoms with Crippen molar-refractivity contribution in [2.24, 2.45) is 0 Å². The fourth-order valence-electron chi connectivity index (χ4n) is 3.55. The molecule has 1 saturated heterocycles. The summed E-state index contributed by atoms with van der Waals surface area (Å²) in [4.78, 5) is 14.7. The van der Waals surface area contributed by atoms with Crippen LogP contribution in [0, 0.1) is 0 Å². The van der Waals surface area contributed by atoms with Gasteiger partial charge in [0.1, 0.15) is 0 Å². The number of benzene rings is 1. The van der Waals surface area contributed by atoms with Crippen molar-refractivity contribution in [2.45, 2.75) is 70.1 Å². The summed E-state index contributed by atoms with van der Waals surface area (Å²) < 4.78 is 1.70. The molecule has 0 N–H and O–H groups in total. The van der Waals surface area contributed by atoms with E-state index in [1.54, 1.807) is 4.68 Å². The Bertz CT molecular complexity index is 733. The van der Waals surface area contributed by atoms with Gasteiger partial charge in [-0.25, -0.2) is 0 Å². The zero-order valence-corrected chi connectivity index (χ0v) is 16.7. The van der Waals surface area contributed by atoms with Gasteiger partial charge in [-0.15, -0.1) is 5.10 Å². The fraction of sp³-hybridized carbons (Fsp3) is 0.579. The number of aromatic nitrogens is 4. The molecule has 2 heterocycles. The first-order valence-electron chi connectivity index (χ1n) is 9.30. The van der Waals surface area contributed by atoms with Crippen molar-refractivity contribution in [3.8, 4) is 5.69 Å². The maximum Gasteiger partial charge on any atom is 0.233 e. The second-order valence-corrected chi connectivity index (χ2v) is 8.28. The minimum Gasteiger partial charge on any atom is -0.337 e. The van der Waals surface area contributed by atoms with E-state index in [-0.39, 0.29) is 5.91 Å². The Hall–Kier alpha value is -1.89. The lowest BCUT2D eigenvalue weighted by molar-refractivity contribution is -0.134. The predicted molar refractivity (Wildman–Crippen MR) is 104 cm³/mol. The van der Waals surface area contributed by atoms with Crippen molar-refractivity contribution < 1.29 is 4.79 Å². The molecule has 1 aliphatic heterocycles. The minimum atomic E-state index is 0.166. The van der Waals surface area contributed by atoms with Gasteiger partial charge >= 0.3 is 0 Å². The smallest absolute Gasteiger partial charge is 0.233 e. The van der Waals surface area contributed by atoms with Crippen LogP contribution in [0.4, 0.5) is 0 Å². The molecule has 0 unspecified atom stereocenters. The van der Waals surface area contributed by atoms with E-state index in [1.807, 2.05) is 17.0 Å². The number of likely N-dealkylation sites (tertiary alicyclic amines) is 1. The highest BCUT2D eigenvalue weighted by Gasteiger charge is 2.29. The number of amides is 1. The molecule has 0 spiro atoms. The Morgan fingerprint density at radius 1 is 1.19 bits per heavy atom. The molecule has 1 aromatic heterocycles. The van der Waals surface area contributed by atoms with Crippen molar-refractivity contribution in [1.82, 2.24) is 25.1 Å². The third-order valence-corrected chi connectivity index (χ3v) is 5.96. The van der Waals surface area contributed by atoms with Gasteiger partial charge in [-0.1, -0.05) is 37.7 Å². The number of nitrogens with zero attached hydrogens (tertiary/aromatic N) is 5. The molecule has 3 rings (SSSR count). The Morgan fingerprint density at radius 2 is 1.85 bits per heavy atom. The number of rotatable bonds is 5. The standard InChI is InChI=1S/C19H27N5OS/c1-13(2)16-8-10-17(11-9-16)24-19(20-21-22-24)26-12-18(25)23-14(3)6-5-7-15(23)4/h8-11,13-15H,5-7,12H2,1-4H3/t14-,15+. The third-order valence-electron chi connectivity index (χ3n) is 5.05. The molecule has 6 nitrogen and oxygen atoms in total. The van der Waals surface area contributed by atoms with Crippen LogP contribution in [-0.4, -0.2) is 48.9 Å². The summed E-state index contributed by atoms with van der Waals surface area (Å²) in [6, 6.07) is 8.85. The van der Waals surface area contributed by atoms with Crippen LogP contribution in [-0.2, 0) is 4.79 Å². The summed E-state index contributed by atoms with van der Waals surface area (Å²) in [6.07, 6.45) is 3.37. The largest absolute Gasteiger partial charge is 0.337 e. The Labute approximate surface area is 159 Å². The van der Waals surface area contributed by atoms with Crippen LogP contribution in [0.1, 0.15) is 58.4 Å². The van der Waals surface area contributed by atoms with Crippen LogP contribution < -0.4 is 0 Å². The van der Waals surface area contributed by atoms with Gasteiger partial charge in [-0.2, -0.15) is 4.68 Å². The van der Waals surface area contributed by atoms with Crippen molar-refractivity contribution >= 4 is 17.7 Å².